The van der Waals surface area contributed by atoms with Crippen LogP contribution >= 0.6 is 39.7 Å². The normalized spacial score (nSPS) is 16.8. The van der Waals surface area contributed by atoms with E-state index in [-0.39, 0.29) is 18.3 Å². The van der Waals surface area contributed by atoms with Crippen LogP contribution in [0.25, 0.3) is 0 Å². The number of carbonyl (C=O) groups excluding carboxylic acids is 1. The van der Waals surface area contributed by atoms with Gasteiger partial charge >= 0.3 is 0 Å². The first-order valence-corrected chi connectivity index (χ1v) is 8.55. The largest absolute Gasteiger partial charge is 0.349 e. The van der Waals surface area contributed by atoms with Gasteiger partial charge in [0.25, 0.3) is 0 Å². The van der Waals surface area contributed by atoms with Gasteiger partial charge in [-0.15, -0.1) is 23.7 Å². The second-order valence-electron chi connectivity index (χ2n) is 5.12. The van der Waals surface area contributed by atoms with Gasteiger partial charge in [-0.2, -0.15) is 5.10 Å². The quantitative estimate of drug-likeness (QED) is 0.822. The summed E-state index contributed by atoms with van der Waals surface area (Å²) in [6, 6.07) is 5.89. The van der Waals surface area contributed by atoms with Gasteiger partial charge in [0.05, 0.1) is 10.3 Å². The van der Waals surface area contributed by atoms with Crippen LogP contribution in [0.2, 0.25) is 0 Å². The van der Waals surface area contributed by atoms with E-state index in [0.29, 0.717) is 6.54 Å². The average Bonchev–Trinajstić information content (AvgIpc) is 3.17. The number of halogens is 2. The van der Waals surface area contributed by atoms with Crippen molar-refractivity contribution in [1.29, 1.82) is 0 Å². The van der Waals surface area contributed by atoms with Crippen LogP contribution in [-0.2, 0) is 16.9 Å². The fraction of sp³-hybridized carbons (Fsp3) is 0.429. The molecule has 0 atom stereocenters. The van der Waals surface area contributed by atoms with Crippen molar-refractivity contribution in [2.45, 2.75) is 24.9 Å². The molecule has 1 fully saturated rings. The number of nitrogens with zero attached hydrogens (tertiary/aromatic N) is 2. The van der Waals surface area contributed by atoms with Crippen LogP contribution in [0.3, 0.4) is 0 Å². The molecule has 5 nitrogen and oxygen atoms in total. The number of rotatable bonds is 4. The summed E-state index contributed by atoms with van der Waals surface area (Å²) in [7, 11) is 0. The van der Waals surface area contributed by atoms with E-state index in [2.05, 4.69) is 31.7 Å². The Balaban J connectivity index is 0.00000176. The van der Waals surface area contributed by atoms with Crippen molar-refractivity contribution in [3.63, 3.8) is 0 Å². The van der Waals surface area contributed by atoms with Crippen LogP contribution in [0.5, 0.6) is 0 Å². The Bertz CT molecular complexity index is 610. The monoisotopic (exact) mass is 404 g/mol. The standard InChI is InChI=1S/C14H17BrN4OS.ClH/c15-12-3-2-11(21-12)10-17-13(20)14(4-7-16-8-5-14)19-9-1-6-18-19;/h1-3,6,9,16H,4-5,7-8,10H2,(H,17,20);1H. The van der Waals surface area contributed by atoms with E-state index in [1.54, 1.807) is 17.5 Å². The number of amides is 1. The predicted octanol–water partition coefficient (Wildman–Crippen LogP) is 2.52. The Hall–Kier alpha value is -0.890. The molecule has 22 heavy (non-hydrogen) atoms. The molecule has 3 heterocycles. The summed E-state index contributed by atoms with van der Waals surface area (Å²) < 4.78 is 2.89. The van der Waals surface area contributed by atoms with E-state index in [9.17, 15) is 4.79 Å². The van der Waals surface area contributed by atoms with Crippen LogP contribution in [0.1, 0.15) is 17.7 Å². The molecule has 0 saturated carbocycles. The predicted molar refractivity (Wildman–Crippen MR) is 93.4 cm³/mol. The zero-order valence-electron chi connectivity index (χ0n) is 11.9. The third kappa shape index (κ3) is 3.53. The SMILES string of the molecule is Cl.O=C(NCc1ccc(Br)s1)C1(n2cccn2)CCNCC1. The summed E-state index contributed by atoms with van der Waals surface area (Å²) in [5.74, 6) is 0.0530. The number of aromatic nitrogens is 2. The Morgan fingerprint density at radius 3 is 2.82 bits per heavy atom. The first-order chi connectivity index (χ1) is 10.2. The highest BCUT2D eigenvalue weighted by molar-refractivity contribution is 9.11. The van der Waals surface area contributed by atoms with Crippen molar-refractivity contribution in [3.8, 4) is 0 Å². The van der Waals surface area contributed by atoms with E-state index >= 15 is 0 Å². The van der Waals surface area contributed by atoms with E-state index in [0.717, 1.165) is 34.6 Å². The van der Waals surface area contributed by atoms with Gasteiger partial charge in [-0.25, -0.2) is 0 Å². The van der Waals surface area contributed by atoms with Gasteiger partial charge in [-0.1, -0.05) is 0 Å². The Morgan fingerprint density at radius 2 is 2.23 bits per heavy atom. The number of hydrogen-bond donors (Lipinski definition) is 2. The minimum absolute atomic E-state index is 0. The van der Waals surface area contributed by atoms with Crippen molar-refractivity contribution >= 4 is 45.6 Å². The van der Waals surface area contributed by atoms with Gasteiger partial charge in [0.2, 0.25) is 5.91 Å². The molecular weight excluding hydrogens is 388 g/mol. The Morgan fingerprint density at radius 1 is 1.45 bits per heavy atom. The molecule has 2 aromatic heterocycles. The molecule has 0 bridgehead atoms. The number of nitrogens with one attached hydrogen (secondary N) is 2. The first kappa shape index (κ1) is 17.5. The highest BCUT2D eigenvalue weighted by Crippen LogP contribution is 2.28. The minimum atomic E-state index is -0.566. The molecule has 1 aliphatic heterocycles. The van der Waals surface area contributed by atoms with Crippen molar-refractivity contribution in [3.05, 3.63) is 39.3 Å². The second kappa shape index (κ2) is 7.59. The smallest absolute Gasteiger partial charge is 0.248 e. The summed E-state index contributed by atoms with van der Waals surface area (Å²) in [4.78, 5) is 13.9. The summed E-state index contributed by atoms with van der Waals surface area (Å²) in [6.45, 7) is 2.22. The Labute approximate surface area is 148 Å². The molecule has 0 radical (unpaired) electrons. The highest BCUT2D eigenvalue weighted by Gasteiger charge is 2.41. The molecular formula is C14H18BrClN4OS. The highest BCUT2D eigenvalue weighted by atomic mass is 79.9. The maximum Gasteiger partial charge on any atom is 0.248 e. The number of hydrogen-bond acceptors (Lipinski definition) is 4. The van der Waals surface area contributed by atoms with E-state index in [1.165, 1.54) is 0 Å². The van der Waals surface area contributed by atoms with Gasteiger partial charge in [0.15, 0.2) is 0 Å². The van der Waals surface area contributed by atoms with Crippen molar-refractivity contribution in [2.24, 2.45) is 0 Å². The molecule has 2 aromatic rings. The third-order valence-corrected chi connectivity index (χ3v) is 5.47. The van der Waals surface area contributed by atoms with Crippen LogP contribution in [0.15, 0.2) is 34.4 Å². The molecule has 0 aromatic carbocycles. The first-order valence-electron chi connectivity index (χ1n) is 6.94. The maximum absolute atomic E-state index is 12.8. The van der Waals surface area contributed by atoms with Crippen molar-refractivity contribution in [2.75, 3.05) is 13.1 Å². The number of piperidine rings is 1. The van der Waals surface area contributed by atoms with E-state index in [4.69, 9.17) is 0 Å². The summed E-state index contributed by atoms with van der Waals surface area (Å²) in [6.07, 6.45) is 5.13. The van der Waals surface area contributed by atoms with Crippen LogP contribution in [0.4, 0.5) is 0 Å². The molecule has 1 amide bonds. The molecule has 120 valence electrons. The topological polar surface area (TPSA) is 59.0 Å². The van der Waals surface area contributed by atoms with Gasteiger partial charge in [0, 0.05) is 17.3 Å². The van der Waals surface area contributed by atoms with Gasteiger partial charge in [-0.3, -0.25) is 9.48 Å². The van der Waals surface area contributed by atoms with Gasteiger partial charge in [-0.05, 0) is 60.1 Å². The van der Waals surface area contributed by atoms with Crippen LogP contribution < -0.4 is 10.6 Å². The van der Waals surface area contributed by atoms with Crippen LogP contribution in [0, 0.1) is 0 Å². The zero-order valence-corrected chi connectivity index (χ0v) is 15.1. The molecule has 3 rings (SSSR count). The average molecular weight is 406 g/mol. The van der Waals surface area contributed by atoms with Crippen molar-refractivity contribution in [1.82, 2.24) is 20.4 Å². The minimum Gasteiger partial charge on any atom is -0.349 e. The fourth-order valence-electron chi connectivity index (χ4n) is 2.70. The zero-order chi connectivity index (χ0) is 14.7. The van der Waals surface area contributed by atoms with Gasteiger partial charge < -0.3 is 10.6 Å². The van der Waals surface area contributed by atoms with E-state index < -0.39 is 5.54 Å². The summed E-state index contributed by atoms with van der Waals surface area (Å²) >= 11 is 5.08. The summed E-state index contributed by atoms with van der Waals surface area (Å²) in [5.41, 5.74) is -0.566. The molecule has 8 heteroatoms. The lowest BCUT2D eigenvalue weighted by Gasteiger charge is -2.36. The fourth-order valence-corrected chi connectivity index (χ4v) is 4.12. The molecule has 0 aliphatic carbocycles. The lowest BCUT2D eigenvalue weighted by molar-refractivity contribution is -0.132. The summed E-state index contributed by atoms with van der Waals surface area (Å²) in [5, 5.41) is 10.7. The number of thiophene rings is 1. The second-order valence-corrected chi connectivity index (χ2v) is 7.67. The lowest BCUT2D eigenvalue weighted by atomic mass is 9.87. The molecule has 1 aliphatic rings. The number of carbonyl (C=O) groups is 1. The molecule has 0 spiro atoms. The lowest BCUT2D eigenvalue weighted by Crippen LogP contribution is -2.54. The van der Waals surface area contributed by atoms with Crippen LogP contribution in [-0.4, -0.2) is 28.8 Å². The molecule has 2 N–H and O–H groups in total. The molecule has 1 saturated heterocycles. The van der Waals surface area contributed by atoms with Crippen molar-refractivity contribution < 1.29 is 4.79 Å². The maximum atomic E-state index is 12.8. The Kier molecular flexibility index (Phi) is 6.02. The third-order valence-electron chi connectivity index (χ3n) is 3.85. The van der Waals surface area contributed by atoms with Gasteiger partial charge in [0.1, 0.15) is 5.54 Å². The molecule has 0 unspecified atom stereocenters. The van der Waals surface area contributed by atoms with E-state index in [1.807, 2.05) is 29.1 Å².